The van der Waals surface area contributed by atoms with Crippen LogP contribution < -0.4 is 4.74 Å². The Morgan fingerprint density at radius 3 is 3.00 bits per heavy atom. The zero-order valence-corrected chi connectivity index (χ0v) is 9.38. The number of ether oxygens (including phenoxy) is 1. The molecule has 72 valence electrons. The lowest BCUT2D eigenvalue weighted by Gasteiger charge is -2.04. The van der Waals surface area contributed by atoms with Crippen LogP contribution >= 0.6 is 15.9 Å². The molecule has 0 saturated heterocycles. The van der Waals surface area contributed by atoms with Gasteiger partial charge in [0, 0.05) is 11.5 Å². The summed E-state index contributed by atoms with van der Waals surface area (Å²) in [5, 5.41) is 0.964. The van der Waals surface area contributed by atoms with Gasteiger partial charge in [0.2, 0.25) is 0 Å². The number of alkyl halides is 1. The van der Waals surface area contributed by atoms with Crippen LogP contribution in [-0.2, 0) is 6.42 Å². The Bertz CT molecular complexity index is 252. The normalized spacial score (nSPS) is 10.0. The highest BCUT2D eigenvalue weighted by molar-refractivity contribution is 9.09. The maximum Gasteiger partial charge on any atom is 0.137 e. The number of hydrogen-bond donors (Lipinski definition) is 0. The average molecular weight is 244 g/mol. The van der Waals surface area contributed by atoms with E-state index in [1.807, 2.05) is 12.3 Å². The van der Waals surface area contributed by atoms with E-state index in [0.29, 0.717) is 0 Å². The van der Waals surface area contributed by atoms with Crippen LogP contribution in [0.5, 0.6) is 5.75 Å². The van der Waals surface area contributed by atoms with Crippen molar-refractivity contribution in [3.8, 4) is 5.75 Å². The molecule has 0 fully saturated rings. The van der Waals surface area contributed by atoms with Crippen molar-refractivity contribution in [1.82, 2.24) is 4.98 Å². The van der Waals surface area contributed by atoms with E-state index in [1.165, 1.54) is 5.56 Å². The molecule has 0 atom stereocenters. The molecule has 0 amide bonds. The third kappa shape index (κ3) is 3.77. The Kier molecular flexibility index (Phi) is 4.83. The molecule has 0 bridgehead atoms. The molecule has 1 heterocycles. The van der Waals surface area contributed by atoms with Gasteiger partial charge in [-0.1, -0.05) is 22.9 Å². The van der Waals surface area contributed by atoms with Gasteiger partial charge < -0.3 is 4.74 Å². The zero-order chi connectivity index (χ0) is 9.52. The third-order valence-electron chi connectivity index (χ3n) is 1.63. The summed E-state index contributed by atoms with van der Waals surface area (Å²) in [5.41, 5.74) is 1.21. The van der Waals surface area contributed by atoms with Crippen LogP contribution in [0.4, 0.5) is 0 Å². The van der Waals surface area contributed by atoms with Crippen LogP contribution in [0.1, 0.15) is 18.9 Å². The monoisotopic (exact) mass is 243 g/mol. The summed E-state index contributed by atoms with van der Waals surface area (Å²) in [7, 11) is 0. The molecule has 13 heavy (non-hydrogen) atoms. The molecule has 0 aliphatic heterocycles. The summed E-state index contributed by atoms with van der Waals surface area (Å²) in [6, 6.07) is 2.05. The second-order valence-electron chi connectivity index (χ2n) is 2.82. The maximum absolute atomic E-state index is 5.46. The molecule has 0 aliphatic rings. The Morgan fingerprint density at radius 1 is 1.46 bits per heavy atom. The van der Waals surface area contributed by atoms with Gasteiger partial charge in [-0.3, -0.25) is 4.98 Å². The first-order valence-corrected chi connectivity index (χ1v) is 5.61. The lowest BCUT2D eigenvalue weighted by molar-refractivity contribution is 0.316. The van der Waals surface area contributed by atoms with Gasteiger partial charge >= 0.3 is 0 Å². The van der Waals surface area contributed by atoms with E-state index in [0.717, 1.165) is 30.5 Å². The van der Waals surface area contributed by atoms with Crippen molar-refractivity contribution in [1.29, 1.82) is 0 Å². The van der Waals surface area contributed by atoms with Crippen molar-refractivity contribution in [2.24, 2.45) is 0 Å². The Hall–Kier alpha value is -0.570. The zero-order valence-electron chi connectivity index (χ0n) is 7.79. The molecule has 0 aliphatic carbocycles. The van der Waals surface area contributed by atoms with Gasteiger partial charge in [-0.05, 0) is 24.5 Å². The predicted molar refractivity (Wildman–Crippen MR) is 57.5 cm³/mol. The molecule has 1 rings (SSSR count). The van der Waals surface area contributed by atoms with Gasteiger partial charge in [0.1, 0.15) is 5.75 Å². The summed E-state index contributed by atoms with van der Waals surface area (Å²) in [5.74, 6) is 0.875. The topological polar surface area (TPSA) is 22.1 Å². The van der Waals surface area contributed by atoms with Crippen LogP contribution in [0.25, 0.3) is 0 Å². The summed E-state index contributed by atoms with van der Waals surface area (Å²) in [6.07, 6.45) is 5.66. The first kappa shape index (κ1) is 10.5. The summed E-state index contributed by atoms with van der Waals surface area (Å²) < 4.78 is 5.46. The number of hydrogen-bond acceptors (Lipinski definition) is 2. The minimum atomic E-state index is 0.763. The minimum Gasteiger partial charge on any atom is -0.492 e. The molecular formula is C10H14BrNO. The molecule has 0 aromatic carbocycles. The van der Waals surface area contributed by atoms with Crippen molar-refractivity contribution in [2.75, 3.05) is 11.9 Å². The van der Waals surface area contributed by atoms with Gasteiger partial charge in [-0.15, -0.1) is 0 Å². The van der Waals surface area contributed by atoms with Gasteiger partial charge in [0.05, 0.1) is 12.8 Å². The summed E-state index contributed by atoms with van der Waals surface area (Å²) in [6.45, 7) is 2.86. The molecule has 0 spiro atoms. The second kappa shape index (κ2) is 5.97. The van der Waals surface area contributed by atoms with Crippen molar-refractivity contribution in [3.63, 3.8) is 0 Å². The minimum absolute atomic E-state index is 0.763. The summed E-state index contributed by atoms with van der Waals surface area (Å²) >= 11 is 3.39. The Morgan fingerprint density at radius 2 is 2.31 bits per heavy atom. The van der Waals surface area contributed by atoms with E-state index in [4.69, 9.17) is 4.74 Å². The average Bonchev–Trinajstić information content (AvgIpc) is 2.16. The van der Waals surface area contributed by atoms with E-state index < -0.39 is 0 Å². The fraction of sp³-hybridized carbons (Fsp3) is 0.500. The number of rotatable bonds is 5. The quantitative estimate of drug-likeness (QED) is 0.743. The predicted octanol–water partition coefficient (Wildman–Crippen LogP) is 2.81. The second-order valence-corrected chi connectivity index (χ2v) is 3.61. The smallest absolute Gasteiger partial charge is 0.137 e. The SMILES string of the molecule is CCCOc1cncc(CCBr)c1. The van der Waals surface area contributed by atoms with Crippen LogP contribution in [-0.4, -0.2) is 16.9 Å². The summed E-state index contributed by atoms with van der Waals surface area (Å²) in [4.78, 5) is 4.11. The molecule has 0 unspecified atom stereocenters. The first-order valence-electron chi connectivity index (χ1n) is 4.49. The Balaban J connectivity index is 2.56. The molecule has 1 aromatic heterocycles. The Labute approximate surface area is 87.5 Å². The van der Waals surface area contributed by atoms with Crippen molar-refractivity contribution < 1.29 is 4.74 Å². The number of halogens is 1. The van der Waals surface area contributed by atoms with E-state index in [2.05, 4.69) is 27.8 Å². The highest BCUT2D eigenvalue weighted by Gasteiger charge is 1.96. The van der Waals surface area contributed by atoms with Gasteiger partial charge in [0.25, 0.3) is 0 Å². The maximum atomic E-state index is 5.46. The van der Waals surface area contributed by atoms with Crippen LogP contribution in [0.15, 0.2) is 18.5 Å². The number of nitrogens with zero attached hydrogens (tertiary/aromatic N) is 1. The lowest BCUT2D eigenvalue weighted by Crippen LogP contribution is -1.96. The van der Waals surface area contributed by atoms with Gasteiger partial charge in [0.15, 0.2) is 0 Å². The molecule has 0 radical (unpaired) electrons. The lowest BCUT2D eigenvalue weighted by atomic mass is 10.2. The highest BCUT2D eigenvalue weighted by atomic mass is 79.9. The van der Waals surface area contributed by atoms with Gasteiger partial charge in [-0.25, -0.2) is 0 Å². The molecule has 0 N–H and O–H groups in total. The number of aromatic nitrogens is 1. The third-order valence-corrected chi connectivity index (χ3v) is 2.02. The molecule has 3 heteroatoms. The van der Waals surface area contributed by atoms with Crippen LogP contribution in [0.2, 0.25) is 0 Å². The van der Waals surface area contributed by atoms with E-state index >= 15 is 0 Å². The first-order chi connectivity index (χ1) is 6.36. The van der Waals surface area contributed by atoms with Crippen LogP contribution in [0.3, 0.4) is 0 Å². The van der Waals surface area contributed by atoms with E-state index in [9.17, 15) is 0 Å². The fourth-order valence-corrected chi connectivity index (χ4v) is 1.47. The molecular weight excluding hydrogens is 230 g/mol. The van der Waals surface area contributed by atoms with Crippen LogP contribution in [0, 0.1) is 0 Å². The number of pyridine rings is 1. The van der Waals surface area contributed by atoms with E-state index in [1.54, 1.807) is 6.20 Å². The van der Waals surface area contributed by atoms with E-state index in [-0.39, 0.29) is 0 Å². The largest absolute Gasteiger partial charge is 0.492 e. The highest BCUT2D eigenvalue weighted by Crippen LogP contribution is 2.12. The fourth-order valence-electron chi connectivity index (χ4n) is 1.01. The standard InChI is InChI=1S/C10H14BrNO/c1-2-5-13-10-6-9(3-4-11)7-12-8-10/h6-8H,2-5H2,1H3. The van der Waals surface area contributed by atoms with Crippen molar-refractivity contribution >= 4 is 15.9 Å². The number of aryl methyl sites for hydroxylation is 1. The molecule has 0 saturated carbocycles. The van der Waals surface area contributed by atoms with Crippen molar-refractivity contribution in [2.45, 2.75) is 19.8 Å². The van der Waals surface area contributed by atoms with Crippen molar-refractivity contribution in [3.05, 3.63) is 24.0 Å². The molecule has 2 nitrogen and oxygen atoms in total. The van der Waals surface area contributed by atoms with Gasteiger partial charge in [-0.2, -0.15) is 0 Å². The molecule has 1 aromatic rings.